The van der Waals surface area contributed by atoms with E-state index in [0.29, 0.717) is 30.6 Å². The van der Waals surface area contributed by atoms with Crippen LogP contribution in [0, 0.1) is 0 Å². The van der Waals surface area contributed by atoms with Crippen molar-refractivity contribution in [3.05, 3.63) is 54.4 Å². The molecule has 0 aliphatic carbocycles. The topological polar surface area (TPSA) is 69.4 Å². The fraction of sp³-hybridized carbons (Fsp3) is 0.222. The van der Waals surface area contributed by atoms with Gasteiger partial charge in [-0.25, -0.2) is 0 Å². The molecule has 8 heteroatoms. The van der Waals surface area contributed by atoms with Crippen molar-refractivity contribution < 1.29 is 22.8 Å². The van der Waals surface area contributed by atoms with Crippen molar-refractivity contribution in [3.63, 3.8) is 0 Å². The summed E-state index contributed by atoms with van der Waals surface area (Å²) in [5, 5.41) is 7.02. The Bertz CT molecular complexity index is 820. The Morgan fingerprint density at radius 1 is 1.04 bits per heavy atom. The Kier molecular flexibility index (Phi) is 5.62. The maximum atomic E-state index is 12.1. The molecular formula is C18H17F2N3O3. The summed E-state index contributed by atoms with van der Waals surface area (Å²) in [6, 6.07) is 13.6. The average molecular weight is 361 g/mol. The van der Waals surface area contributed by atoms with Crippen LogP contribution in [0.3, 0.4) is 0 Å². The molecule has 3 aromatic rings. The Hall–Kier alpha value is -3.16. The quantitative estimate of drug-likeness (QED) is 0.643. The summed E-state index contributed by atoms with van der Waals surface area (Å²) >= 11 is 0. The summed E-state index contributed by atoms with van der Waals surface area (Å²) in [5.74, 6) is 1.76. The number of benzene rings is 2. The molecule has 0 amide bonds. The van der Waals surface area contributed by atoms with Gasteiger partial charge in [-0.15, -0.1) is 0 Å². The lowest BCUT2D eigenvalue weighted by molar-refractivity contribution is -0.0498. The first kappa shape index (κ1) is 17.7. The summed E-state index contributed by atoms with van der Waals surface area (Å²) in [7, 11) is 0. The highest BCUT2D eigenvalue weighted by Gasteiger charge is 2.09. The van der Waals surface area contributed by atoms with Gasteiger partial charge in [-0.2, -0.15) is 13.8 Å². The first-order valence-electron chi connectivity index (χ1n) is 7.98. The Balaban J connectivity index is 1.58. The van der Waals surface area contributed by atoms with Gasteiger partial charge in [0.1, 0.15) is 11.5 Å². The molecule has 6 nitrogen and oxygen atoms in total. The second-order valence-electron chi connectivity index (χ2n) is 5.23. The van der Waals surface area contributed by atoms with E-state index in [4.69, 9.17) is 9.26 Å². The molecule has 0 aliphatic heterocycles. The average Bonchev–Trinajstić information content (AvgIpc) is 3.11. The highest BCUT2D eigenvalue weighted by Crippen LogP contribution is 2.21. The van der Waals surface area contributed by atoms with E-state index < -0.39 is 6.61 Å². The molecule has 0 fully saturated rings. The van der Waals surface area contributed by atoms with E-state index in [-0.39, 0.29) is 5.75 Å². The Morgan fingerprint density at radius 2 is 1.73 bits per heavy atom. The van der Waals surface area contributed by atoms with E-state index in [1.165, 1.54) is 12.1 Å². The maximum Gasteiger partial charge on any atom is 0.387 e. The third kappa shape index (κ3) is 4.69. The third-order valence-corrected chi connectivity index (χ3v) is 3.41. The van der Waals surface area contributed by atoms with Crippen LogP contribution >= 0.6 is 0 Å². The molecule has 1 aromatic heterocycles. The van der Waals surface area contributed by atoms with E-state index in [1.807, 2.05) is 31.2 Å². The van der Waals surface area contributed by atoms with Crippen molar-refractivity contribution in [1.29, 1.82) is 0 Å². The lowest BCUT2D eigenvalue weighted by Gasteiger charge is -2.06. The van der Waals surface area contributed by atoms with Crippen molar-refractivity contribution in [2.75, 3.05) is 11.9 Å². The smallest absolute Gasteiger partial charge is 0.387 e. The van der Waals surface area contributed by atoms with Gasteiger partial charge in [-0.1, -0.05) is 5.16 Å². The van der Waals surface area contributed by atoms with Crippen LogP contribution in [-0.2, 0) is 6.54 Å². The van der Waals surface area contributed by atoms with Crippen molar-refractivity contribution in [2.45, 2.75) is 20.1 Å². The highest BCUT2D eigenvalue weighted by molar-refractivity contribution is 5.55. The summed E-state index contributed by atoms with van der Waals surface area (Å²) in [6.45, 7) is -0.00880. The van der Waals surface area contributed by atoms with E-state index in [1.54, 1.807) is 12.1 Å². The second kappa shape index (κ2) is 8.28. The molecule has 0 atom stereocenters. The number of nitrogens with zero attached hydrogens (tertiary/aromatic N) is 2. The number of hydrogen-bond acceptors (Lipinski definition) is 6. The molecule has 0 saturated heterocycles. The number of halogens is 2. The van der Waals surface area contributed by atoms with Gasteiger partial charge in [-0.05, 0) is 55.5 Å². The molecule has 1 heterocycles. The number of rotatable bonds is 8. The molecular weight excluding hydrogens is 344 g/mol. The molecule has 0 bridgehead atoms. The summed E-state index contributed by atoms with van der Waals surface area (Å²) in [4.78, 5) is 4.32. The third-order valence-electron chi connectivity index (χ3n) is 3.41. The SMILES string of the molecule is CCOc1ccc(-c2noc(CNc3ccc(OC(F)F)cc3)n2)cc1. The zero-order valence-corrected chi connectivity index (χ0v) is 14.0. The van der Waals surface area contributed by atoms with Gasteiger partial charge in [0.15, 0.2) is 0 Å². The molecule has 0 saturated carbocycles. The number of hydrogen-bond donors (Lipinski definition) is 1. The first-order valence-corrected chi connectivity index (χ1v) is 7.98. The fourth-order valence-corrected chi connectivity index (χ4v) is 2.24. The lowest BCUT2D eigenvalue weighted by atomic mass is 10.2. The van der Waals surface area contributed by atoms with Gasteiger partial charge >= 0.3 is 6.61 Å². The van der Waals surface area contributed by atoms with Crippen LogP contribution < -0.4 is 14.8 Å². The molecule has 0 radical (unpaired) electrons. The lowest BCUT2D eigenvalue weighted by Crippen LogP contribution is -2.02. The van der Waals surface area contributed by atoms with Gasteiger partial charge in [0.05, 0.1) is 13.2 Å². The number of ether oxygens (including phenoxy) is 2. The second-order valence-corrected chi connectivity index (χ2v) is 5.23. The Labute approximate surface area is 148 Å². The van der Waals surface area contributed by atoms with E-state index in [2.05, 4.69) is 20.2 Å². The predicted molar refractivity (Wildman–Crippen MR) is 91.3 cm³/mol. The Morgan fingerprint density at radius 3 is 2.38 bits per heavy atom. The molecule has 1 N–H and O–H groups in total. The zero-order chi connectivity index (χ0) is 18.4. The van der Waals surface area contributed by atoms with Crippen LogP contribution in [0.2, 0.25) is 0 Å². The van der Waals surface area contributed by atoms with Gasteiger partial charge < -0.3 is 19.3 Å². The van der Waals surface area contributed by atoms with E-state index in [9.17, 15) is 8.78 Å². The van der Waals surface area contributed by atoms with Crippen LogP contribution in [0.5, 0.6) is 11.5 Å². The number of alkyl halides is 2. The van der Waals surface area contributed by atoms with Crippen LogP contribution in [0.15, 0.2) is 53.1 Å². The van der Waals surface area contributed by atoms with Crippen LogP contribution in [-0.4, -0.2) is 23.4 Å². The first-order chi connectivity index (χ1) is 12.6. The number of nitrogens with one attached hydrogen (secondary N) is 1. The van der Waals surface area contributed by atoms with E-state index >= 15 is 0 Å². The van der Waals surface area contributed by atoms with Crippen LogP contribution in [0.1, 0.15) is 12.8 Å². The summed E-state index contributed by atoms with van der Waals surface area (Å²) < 4.78 is 39.1. The molecule has 136 valence electrons. The fourth-order valence-electron chi connectivity index (χ4n) is 2.24. The normalized spacial score (nSPS) is 10.8. The van der Waals surface area contributed by atoms with Gasteiger partial charge in [-0.3, -0.25) is 0 Å². The number of anilines is 1. The van der Waals surface area contributed by atoms with Gasteiger partial charge in [0.2, 0.25) is 11.7 Å². The standard InChI is InChI=1S/C18H17F2N3O3/c1-2-24-14-7-3-12(4-8-14)17-22-16(26-23-17)11-21-13-5-9-15(10-6-13)25-18(19)20/h3-10,18,21H,2,11H2,1H3. The minimum Gasteiger partial charge on any atom is -0.494 e. The minimum absolute atomic E-state index is 0.0983. The molecule has 26 heavy (non-hydrogen) atoms. The van der Waals surface area contributed by atoms with Crippen LogP contribution in [0.4, 0.5) is 14.5 Å². The predicted octanol–water partition coefficient (Wildman–Crippen LogP) is 4.35. The van der Waals surface area contributed by atoms with Crippen molar-refractivity contribution >= 4 is 5.69 Å². The number of aromatic nitrogens is 2. The summed E-state index contributed by atoms with van der Waals surface area (Å²) in [5.41, 5.74) is 1.53. The van der Waals surface area contributed by atoms with Crippen LogP contribution in [0.25, 0.3) is 11.4 Å². The monoisotopic (exact) mass is 361 g/mol. The molecule has 0 aliphatic rings. The van der Waals surface area contributed by atoms with E-state index in [0.717, 1.165) is 11.3 Å². The summed E-state index contributed by atoms with van der Waals surface area (Å²) in [6.07, 6.45) is 0. The molecule has 0 unspecified atom stereocenters. The molecule has 0 spiro atoms. The van der Waals surface area contributed by atoms with Gasteiger partial charge in [0, 0.05) is 11.3 Å². The van der Waals surface area contributed by atoms with Crippen molar-refractivity contribution in [3.8, 4) is 22.9 Å². The highest BCUT2D eigenvalue weighted by atomic mass is 19.3. The zero-order valence-electron chi connectivity index (χ0n) is 14.0. The molecule has 2 aromatic carbocycles. The largest absolute Gasteiger partial charge is 0.494 e. The molecule has 3 rings (SSSR count). The van der Waals surface area contributed by atoms with Crippen molar-refractivity contribution in [1.82, 2.24) is 10.1 Å². The van der Waals surface area contributed by atoms with Gasteiger partial charge in [0.25, 0.3) is 0 Å². The maximum absolute atomic E-state index is 12.1. The minimum atomic E-state index is -2.84. The van der Waals surface area contributed by atoms with Crippen molar-refractivity contribution in [2.24, 2.45) is 0 Å².